The summed E-state index contributed by atoms with van der Waals surface area (Å²) in [6, 6.07) is 16.6. The first-order chi connectivity index (χ1) is 28.6. The fraction of sp³-hybridized carbons (Fsp3) is 0.538. The van der Waals surface area contributed by atoms with Crippen molar-refractivity contribution in [2.24, 2.45) is 0 Å². The molecule has 0 aromatic heterocycles. The highest BCUT2D eigenvalue weighted by atomic mass is 31.2. The van der Waals surface area contributed by atoms with Gasteiger partial charge in [-0.05, 0) is 116 Å². The molecule has 0 heterocycles. The molecule has 0 saturated carbocycles. The van der Waals surface area contributed by atoms with Crippen molar-refractivity contribution in [3.8, 4) is 11.5 Å². The van der Waals surface area contributed by atoms with Crippen LogP contribution in [0.5, 0.6) is 11.5 Å². The summed E-state index contributed by atoms with van der Waals surface area (Å²) in [7, 11) is -7.94. The number of rotatable bonds is 10. The molecule has 4 aromatic rings. The van der Waals surface area contributed by atoms with E-state index in [2.05, 4.69) is 132 Å². The third-order valence-electron chi connectivity index (χ3n) is 11.8. The second-order valence-electron chi connectivity index (χ2n) is 20.9. The standard InChI is InChI=1S/C52H74O8P2/c1-17-57-61(55,58-18-2)47-37-21-33-25-41(49(5,6)7)27-35(45(33)53)23-39-31-44(52(14,15)16)32-40(48(39)62(56,59-19-3)60-20-4)24-36-28-42(50(8,9)10)26-34(46(36)54)22-38(47)30-43(29-37)51(11,12)13/h25-32,53-54H,17-24H2,1-16H3. The van der Waals surface area contributed by atoms with E-state index in [4.69, 9.17) is 18.1 Å². The lowest BCUT2D eigenvalue weighted by atomic mass is 9.79. The van der Waals surface area contributed by atoms with Crippen molar-refractivity contribution in [1.29, 1.82) is 0 Å². The van der Waals surface area contributed by atoms with E-state index in [0.717, 1.165) is 44.5 Å². The molecule has 0 spiro atoms. The van der Waals surface area contributed by atoms with Crippen LogP contribution in [-0.2, 0) is 74.6 Å². The molecule has 5 rings (SSSR count). The lowest BCUT2D eigenvalue weighted by molar-refractivity contribution is 0.228. The minimum Gasteiger partial charge on any atom is -0.507 e. The molecule has 340 valence electrons. The Morgan fingerprint density at radius 1 is 0.387 bits per heavy atom. The molecular formula is C52H74O8P2. The van der Waals surface area contributed by atoms with Gasteiger partial charge in [-0.2, -0.15) is 0 Å². The van der Waals surface area contributed by atoms with Crippen LogP contribution in [0.4, 0.5) is 0 Å². The summed E-state index contributed by atoms with van der Waals surface area (Å²) in [6.45, 7) is 33.7. The summed E-state index contributed by atoms with van der Waals surface area (Å²) in [4.78, 5) is 0. The van der Waals surface area contributed by atoms with Gasteiger partial charge in [0.2, 0.25) is 0 Å². The van der Waals surface area contributed by atoms with E-state index < -0.39 is 15.2 Å². The third kappa shape index (κ3) is 10.7. The van der Waals surface area contributed by atoms with Crippen LogP contribution in [0.2, 0.25) is 0 Å². The molecule has 0 unspecified atom stereocenters. The van der Waals surface area contributed by atoms with Gasteiger partial charge < -0.3 is 28.3 Å². The fourth-order valence-electron chi connectivity index (χ4n) is 8.39. The maximum absolute atomic E-state index is 15.4. The van der Waals surface area contributed by atoms with Crippen LogP contribution < -0.4 is 10.6 Å². The predicted octanol–water partition coefficient (Wildman–Crippen LogP) is 12.7. The Labute approximate surface area is 373 Å². The van der Waals surface area contributed by atoms with Gasteiger partial charge in [0, 0.05) is 25.7 Å². The van der Waals surface area contributed by atoms with Crippen LogP contribution in [0.3, 0.4) is 0 Å². The van der Waals surface area contributed by atoms with Crippen molar-refractivity contribution in [3.63, 3.8) is 0 Å². The van der Waals surface area contributed by atoms with Gasteiger partial charge in [-0.1, -0.05) is 132 Å². The van der Waals surface area contributed by atoms with Crippen molar-refractivity contribution in [2.45, 2.75) is 158 Å². The maximum Gasteiger partial charge on any atom is 0.361 e. The van der Waals surface area contributed by atoms with Crippen LogP contribution in [0.15, 0.2) is 48.5 Å². The molecule has 1 aliphatic rings. The SMILES string of the molecule is CCOP(=O)(OCC)c1c2cc(C(C)(C)C)cc1Cc1cc(C(C)(C)C)cc(c1O)Cc1cc(C(C)(C)C)cc(c1P(=O)(OCC)OCC)Cc1cc(C(C)(C)C)cc(c1O)C2. The van der Waals surface area contributed by atoms with Crippen LogP contribution in [0, 0.1) is 0 Å². The van der Waals surface area contributed by atoms with Crippen LogP contribution in [0.1, 0.15) is 178 Å². The van der Waals surface area contributed by atoms with Gasteiger partial charge in [-0.3, -0.25) is 9.13 Å². The lowest BCUT2D eigenvalue weighted by Crippen LogP contribution is -2.25. The molecule has 8 bridgehead atoms. The van der Waals surface area contributed by atoms with E-state index in [0.29, 0.717) is 32.9 Å². The number of benzene rings is 4. The summed E-state index contributed by atoms with van der Waals surface area (Å²) < 4.78 is 55.4. The second-order valence-corrected chi connectivity index (χ2v) is 24.9. The Morgan fingerprint density at radius 3 is 0.726 bits per heavy atom. The Morgan fingerprint density at radius 2 is 0.565 bits per heavy atom. The molecule has 0 amide bonds. The highest BCUT2D eigenvalue weighted by Gasteiger charge is 2.38. The summed E-state index contributed by atoms with van der Waals surface area (Å²) in [5, 5.41) is 26.2. The molecule has 10 heteroatoms. The van der Waals surface area contributed by atoms with Crippen LogP contribution in [0.25, 0.3) is 0 Å². The van der Waals surface area contributed by atoms with Gasteiger partial charge in [-0.15, -0.1) is 0 Å². The monoisotopic (exact) mass is 888 g/mol. The van der Waals surface area contributed by atoms with Gasteiger partial charge in [0.25, 0.3) is 0 Å². The smallest absolute Gasteiger partial charge is 0.361 e. The zero-order valence-electron chi connectivity index (χ0n) is 40.5. The van der Waals surface area contributed by atoms with Gasteiger partial charge in [0.15, 0.2) is 0 Å². The highest BCUT2D eigenvalue weighted by Crippen LogP contribution is 2.53. The van der Waals surface area contributed by atoms with Gasteiger partial charge in [-0.25, -0.2) is 0 Å². The first kappa shape index (κ1) is 49.8. The quantitative estimate of drug-likeness (QED) is 0.133. The van der Waals surface area contributed by atoms with E-state index in [-0.39, 0.29) is 85.3 Å². The fourth-order valence-corrected chi connectivity index (χ4v) is 12.4. The molecule has 1 aliphatic carbocycles. The van der Waals surface area contributed by atoms with E-state index in [1.165, 1.54) is 0 Å². The highest BCUT2D eigenvalue weighted by molar-refractivity contribution is 7.62. The molecule has 0 atom stereocenters. The van der Waals surface area contributed by atoms with Gasteiger partial charge >= 0.3 is 15.2 Å². The van der Waals surface area contributed by atoms with E-state index in [1.54, 1.807) is 0 Å². The van der Waals surface area contributed by atoms with Gasteiger partial charge in [0.05, 0.1) is 37.0 Å². The Balaban J connectivity index is 2.08. The van der Waals surface area contributed by atoms with Crippen molar-refractivity contribution in [2.75, 3.05) is 26.4 Å². The zero-order valence-corrected chi connectivity index (χ0v) is 42.3. The van der Waals surface area contributed by atoms with Crippen molar-refractivity contribution < 1.29 is 37.4 Å². The van der Waals surface area contributed by atoms with E-state index in [1.807, 2.05) is 27.7 Å². The molecule has 0 aliphatic heterocycles. The number of hydrogen-bond acceptors (Lipinski definition) is 8. The lowest BCUT2D eigenvalue weighted by Gasteiger charge is -2.30. The summed E-state index contributed by atoms with van der Waals surface area (Å²) in [6.07, 6.45) is 0.869. The maximum atomic E-state index is 15.4. The largest absolute Gasteiger partial charge is 0.507 e. The summed E-state index contributed by atoms with van der Waals surface area (Å²) in [5.74, 6) is 0.214. The number of phenols is 2. The minimum atomic E-state index is -3.97. The molecule has 0 fully saturated rings. The summed E-state index contributed by atoms with van der Waals surface area (Å²) in [5.41, 5.74) is 8.29. The summed E-state index contributed by atoms with van der Waals surface area (Å²) >= 11 is 0. The van der Waals surface area contributed by atoms with E-state index >= 15 is 9.13 Å². The third-order valence-corrected chi connectivity index (χ3v) is 16.4. The van der Waals surface area contributed by atoms with Crippen molar-refractivity contribution in [1.82, 2.24) is 0 Å². The first-order valence-electron chi connectivity index (χ1n) is 22.4. The minimum absolute atomic E-state index is 0.107. The second kappa shape index (κ2) is 18.3. The van der Waals surface area contributed by atoms with Crippen LogP contribution in [-0.4, -0.2) is 36.6 Å². The number of hydrogen-bond donors (Lipinski definition) is 2. The molecule has 0 saturated heterocycles. The molecule has 62 heavy (non-hydrogen) atoms. The average Bonchev–Trinajstić information content (AvgIpc) is 3.12. The molecule has 2 N–H and O–H groups in total. The zero-order chi connectivity index (χ0) is 46.4. The normalized spacial score (nSPS) is 14.3. The van der Waals surface area contributed by atoms with Crippen molar-refractivity contribution in [3.05, 3.63) is 115 Å². The van der Waals surface area contributed by atoms with Gasteiger partial charge in [0.1, 0.15) is 11.5 Å². The van der Waals surface area contributed by atoms with Crippen LogP contribution >= 0.6 is 15.2 Å². The van der Waals surface area contributed by atoms with Crippen molar-refractivity contribution >= 4 is 25.8 Å². The Kier molecular flexibility index (Phi) is 14.7. The molecular weight excluding hydrogens is 815 g/mol. The van der Waals surface area contributed by atoms with E-state index in [9.17, 15) is 10.2 Å². The Hall–Kier alpha value is -3.22. The average molecular weight is 889 g/mol. The number of phenolic OH excluding ortho intramolecular Hbond substituents is 2. The molecule has 4 aromatic carbocycles. The first-order valence-corrected chi connectivity index (χ1v) is 25.5. The molecule has 8 nitrogen and oxygen atoms in total. The number of fused-ring (bicyclic) bond motifs is 8. The number of aromatic hydroxyl groups is 2. The molecule has 0 radical (unpaired) electrons. The Bertz CT molecular complexity index is 2100. The topological polar surface area (TPSA) is 112 Å². The predicted molar refractivity (Wildman–Crippen MR) is 256 cm³/mol.